The predicted octanol–water partition coefficient (Wildman–Crippen LogP) is 2.57. The lowest BCUT2D eigenvalue weighted by molar-refractivity contribution is -0.113. The van der Waals surface area contributed by atoms with Gasteiger partial charge in [-0.05, 0) is 36.4 Å². The van der Waals surface area contributed by atoms with Gasteiger partial charge in [0.2, 0.25) is 5.91 Å². The number of thioether (sulfide) groups is 1. The van der Waals surface area contributed by atoms with Gasteiger partial charge in [0.15, 0.2) is 0 Å². The van der Waals surface area contributed by atoms with Crippen molar-refractivity contribution in [3.63, 3.8) is 0 Å². The van der Waals surface area contributed by atoms with Crippen LogP contribution in [-0.4, -0.2) is 17.6 Å². The van der Waals surface area contributed by atoms with Crippen LogP contribution in [0.1, 0.15) is 10.4 Å². The average molecular weight is 299 g/mol. The molecule has 0 spiro atoms. The predicted molar refractivity (Wildman–Crippen MR) is 84.6 cm³/mol. The highest BCUT2D eigenvalue weighted by molar-refractivity contribution is 8.00. The molecule has 0 bridgehead atoms. The fourth-order valence-corrected chi connectivity index (χ4v) is 2.83. The smallest absolute Gasteiger partial charge is 0.255 e. The molecule has 5 nitrogen and oxygen atoms in total. The van der Waals surface area contributed by atoms with Gasteiger partial charge in [-0.3, -0.25) is 9.59 Å². The topological polar surface area (TPSA) is 84.2 Å². The summed E-state index contributed by atoms with van der Waals surface area (Å²) in [6.07, 6.45) is 0. The minimum atomic E-state index is -0.239. The molecule has 0 atom stereocenters. The molecule has 0 fully saturated rings. The molecule has 0 aliphatic carbocycles. The van der Waals surface area contributed by atoms with Crippen LogP contribution in [0.2, 0.25) is 0 Å². The minimum Gasteiger partial charge on any atom is -0.399 e. The molecular weight excluding hydrogens is 286 g/mol. The maximum atomic E-state index is 12.1. The molecule has 2 aromatic rings. The number of nitrogens with one attached hydrogen (secondary N) is 2. The Morgan fingerprint density at radius 3 is 2.90 bits per heavy atom. The highest BCUT2D eigenvalue weighted by Crippen LogP contribution is 2.33. The number of benzene rings is 2. The first-order valence-corrected chi connectivity index (χ1v) is 7.34. The molecular formula is C15H13N3O2S. The molecule has 4 N–H and O–H groups in total. The summed E-state index contributed by atoms with van der Waals surface area (Å²) in [5, 5.41) is 5.59. The largest absolute Gasteiger partial charge is 0.399 e. The van der Waals surface area contributed by atoms with Gasteiger partial charge < -0.3 is 16.4 Å². The zero-order chi connectivity index (χ0) is 14.8. The van der Waals surface area contributed by atoms with Gasteiger partial charge in [0, 0.05) is 21.8 Å². The summed E-state index contributed by atoms with van der Waals surface area (Å²) >= 11 is 1.48. The fraction of sp³-hybridized carbons (Fsp3) is 0.0667. The van der Waals surface area contributed by atoms with Gasteiger partial charge in [-0.25, -0.2) is 0 Å². The van der Waals surface area contributed by atoms with E-state index in [4.69, 9.17) is 5.73 Å². The Morgan fingerprint density at radius 2 is 2.10 bits per heavy atom. The van der Waals surface area contributed by atoms with Crippen LogP contribution >= 0.6 is 11.8 Å². The van der Waals surface area contributed by atoms with Crippen molar-refractivity contribution in [1.29, 1.82) is 0 Å². The first kappa shape index (κ1) is 13.5. The van der Waals surface area contributed by atoms with Crippen molar-refractivity contribution in [2.75, 3.05) is 22.1 Å². The molecule has 106 valence electrons. The van der Waals surface area contributed by atoms with Crippen LogP contribution in [0.25, 0.3) is 0 Å². The third-order valence-electron chi connectivity index (χ3n) is 3.02. The lowest BCUT2D eigenvalue weighted by Gasteiger charge is -2.17. The summed E-state index contributed by atoms with van der Waals surface area (Å²) in [5.74, 6) is 0.144. The SMILES string of the molecule is Nc1cccc(C(=O)Nc2ccc3c(c2)NC(=O)CS3)c1. The third kappa shape index (κ3) is 3.00. The van der Waals surface area contributed by atoms with E-state index in [1.165, 1.54) is 11.8 Å². The summed E-state index contributed by atoms with van der Waals surface area (Å²) in [5.41, 5.74) is 8.05. The molecule has 0 saturated carbocycles. The number of hydrogen-bond acceptors (Lipinski definition) is 4. The molecule has 2 amide bonds. The van der Waals surface area contributed by atoms with Gasteiger partial charge in [0.05, 0.1) is 11.4 Å². The van der Waals surface area contributed by atoms with E-state index in [0.717, 1.165) is 10.6 Å². The van der Waals surface area contributed by atoms with Crippen LogP contribution in [0.15, 0.2) is 47.4 Å². The van der Waals surface area contributed by atoms with Crippen molar-refractivity contribution < 1.29 is 9.59 Å². The molecule has 0 unspecified atom stereocenters. The summed E-state index contributed by atoms with van der Waals surface area (Å²) in [6.45, 7) is 0. The van der Waals surface area contributed by atoms with Crippen LogP contribution in [0.4, 0.5) is 17.1 Å². The van der Waals surface area contributed by atoms with Gasteiger partial charge >= 0.3 is 0 Å². The van der Waals surface area contributed by atoms with Crippen LogP contribution in [0, 0.1) is 0 Å². The van der Waals surface area contributed by atoms with Gasteiger partial charge in [0.1, 0.15) is 0 Å². The maximum Gasteiger partial charge on any atom is 0.255 e. The number of anilines is 3. The quantitative estimate of drug-likeness (QED) is 0.744. The van der Waals surface area contributed by atoms with Crippen molar-refractivity contribution in [3.05, 3.63) is 48.0 Å². The van der Waals surface area contributed by atoms with Crippen LogP contribution in [-0.2, 0) is 4.79 Å². The molecule has 0 radical (unpaired) electrons. The van der Waals surface area contributed by atoms with Crippen LogP contribution in [0.5, 0.6) is 0 Å². The van der Waals surface area contributed by atoms with Crippen molar-refractivity contribution in [2.24, 2.45) is 0 Å². The Labute approximate surface area is 125 Å². The normalized spacial score (nSPS) is 13.2. The van der Waals surface area contributed by atoms with Crippen LogP contribution < -0.4 is 16.4 Å². The van der Waals surface area contributed by atoms with E-state index in [0.29, 0.717) is 22.7 Å². The monoisotopic (exact) mass is 299 g/mol. The zero-order valence-electron chi connectivity index (χ0n) is 11.1. The third-order valence-corrected chi connectivity index (χ3v) is 4.09. The van der Waals surface area contributed by atoms with Crippen molar-refractivity contribution >= 4 is 40.6 Å². The van der Waals surface area contributed by atoms with E-state index in [1.54, 1.807) is 30.3 Å². The van der Waals surface area contributed by atoms with E-state index < -0.39 is 0 Å². The molecule has 1 aliphatic rings. The van der Waals surface area contributed by atoms with Crippen molar-refractivity contribution in [1.82, 2.24) is 0 Å². The van der Waals surface area contributed by atoms with E-state index in [9.17, 15) is 9.59 Å². The Bertz CT molecular complexity index is 731. The average Bonchev–Trinajstić information content (AvgIpc) is 2.46. The van der Waals surface area contributed by atoms with Crippen molar-refractivity contribution in [3.8, 4) is 0 Å². The number of hydrogen-bond donors (Lipinski definition) is 3. The Kier molecular flexibility index (Phi) is 3.53. The number of rotatable bonds is 2. The molecule has 6 heteroatoms. The number of fused-ring (bicyclic) bond motifs is 1. The van der Waals surface area contributed by atoms with E-state index in [-0.39, 0.29) is 11.8 Å². The van der Waals surface area contributed by atoms with Gasteiger partial charge in [-0.1, -0.05) is 6.07 Å². The highest BCUT2D eigenvalue weighted by Gasteiger charge is 2.16. The van der Waals surface area contributed by atoms with Gasteiger partial charge in [-0.2, -0.15) is 0 Å². The second kappa shape index (κ2) is 5.49. The van der Waals surface area contributed by atoms with Crippen molar-refractivity contribution in [2.45, 2.75) is 4.90 Å². The summed E-state index contributed by atoms with van der Waals surface area (Å²) in [7, 11) is 0. The Morgan fingerprint density at radius 1 is 1.24 bits per heavy atom. The molecule has 1 heterocycles. The number of carbonyl (C=O) groups is 2. The fourth-order valence-electron chi connectivity index (χ4n) is 2.04. The maximum absolute atomic E-state index is 12.1. The molecule has 3 rings (SSSR count). The zero-order valence-corrected chi connectivity index (χ0v) is 11.9. The number of carbonyl (C=O) groups excluding carboxylic acids is 2. The summed E-state index contributed by atoms with van der Waals surface area (Å²) in [6, 6.07) is 12.2. The molecule has 0 saturated heterocycles. The number of nitrogen functional groups attached to an aromatic ring is 1. The summed E-state index contributed by atoms with van der Waals surface area (Å²) < 4.78 is 0. The first-order chi connectivity index (χ1) is 10.1. The second-order valence-electron chi connectivity index (χ2n) is 4.63. The highest BCUT2D eigenvalue weighted by atomic mass is 32.2. The van der Waals surface area contributed by atoms with Crippen LogP contribution in [0.3, 0.4) is 0 Å². The first-order valence-electron chi connectivity index (χ1n) is 6.35. The minimum absolute atomic E-state index is 0.0354. The Balaban J connectivity index is 1.80. The standard InChI is InChI=1S/C15H13N3O2S/c16-10-3-1-2-9(6-10)15(20)17-11-4-5-13-12(7-11)18-14(19)8-21-13/h1-7H,8,16H2,(H,17,20)(H,18,19). The molecule has 0 aromatic heterocycles. The lowest BCUT2D eigenvalue weighted by atomic mass is 10.2. The van der Waals surface area contributed by atoms with Gasteiger partial charge in [-0.15, -0.1) is 11.8 Å². The Hall–Kier alpha value is -2.47. The lowest BCUT2D eigenvalue weighted by Crippen LogP contribution is -2.19. The van der Waals surface area contributed by atoms with Gasteiger partial charge in [0.25, 0.3) is 5.91 Å². The molecule has 1 aliphatic heterocycles. The van der Waals surface area contributed by atoms with E-state index in [1.807, 2.05) is 12.1 Å². The number of amides is 2. The van der Waals surface area contributed by atoms with E-state index >= 15 is 0 Å². The second-order valence-corrected chi connectivity index (χ2v) is 5.64. The molecule has 21 heavy (non-hydrogen) atoms. The summed E-state index contributed by atoms with van der Waals surface area (Å²) in [4.78, 5) is 24.5. The van der Waals surface area contributed by atoms with E-state index in [2.05, 4.69) is 10.6 Å². The number of nitrogens with two attached hydrogens (primary N) is 1. The molecule has 2 aromatic carbocycles.